The van der Waals surface area contributed by atoms with Gasteiger partial charge in [0.2, 0.25) is 11.8 Å². The van der Waals surface area contributed by atoms with Crippen LogP contribution in [0.3, 0.4) is 0 Å². The largest absolute Gasteiger partial charge is 0.326 e. The molecule has 0 radical (unpaired) electrons. The molecule has 2 N–H and O–H groups in total. The molecule has 0 unspecified atom stereocenters. The molecule has 2 rings (SSSR count). The molecule has 5 nitrogen and oxygen atoms in total. The topological polar surface area (TPSA) is 70.6 Å². The van der Waals surface area contributed by atoms with Crippen LogP contribution < -0.4 is 10.7 Å². The van der Waals surface area contributed by atoms with E-state index in [-0.39, 0.29) is 24.3 Å². The van der Waals surface area contributed by atoms with E-state index in [0.29, 0.717) is 0 Å². The lowest BCUT2D eigenvalue weighted by Gasteiger charge is -2.08. The van der Waals surface area contributed by atoms with Gasteiger partial charge in [-0.1, -0.05) is 18.2 Å². The molecule has 0 aliphatic carbocycles. The van der Waals surface area contributed by atoms with Crippen molar-refractivity contribution >= 4 is 46.3 Å². The van der Waals surface area contributed by atoms with E-state index in [1.165, 1.54) is 12.3 Å². The number of hydrazone groups is 1. The number of nitrogens with zero attached hydrogens (tertiary/aromatic N) is 1. The van der Waals surface area contributed by atoms with E-state index in [4.69, 9.17) is 0 Å². The molecule has 0 bridgehead atoms. The second-order valence-electron chi connectivity index (χ2n) is 5.32. The van der Waals surface area contributed by atoms with Crippen molar-refractivity contribution in [2.45, 2.75) is 19.8 Å². The second kappa shape index (κ2) is 9.26. The smallest absolute Gasteiger partial charge is 0.240 e. The van der Waals surface area contributed by atoms with Gasteiger partial charge in [-0.2, -0.15) is 5.10 Å². The SMILES string of the molecule is Cc1cc(I)ccc1NC(=O)CCC(=O)N/N=C\c1ccccc1F. The molecule has 0 atom stereocenters. The van der Waals surface area contributed by atoms with Gasteiger partial charge in [0.05, 0.1) is 6.21 Å². The summed E-state index contributed by atoms with van der Waals surface area (Å²) in [4.78, 5) is 23.6. The standard InChI is InChI=1S/C18H17FIN3O2/c1-12-10-14(20)6-7-16(12)22-17(24)8-9-18(25)23-21-11-13-4-2-3-5-15(13)19/h2-7,10-11H,8-9H2,1H3,(H,22,24)(H,23,25)/b21-11-. The van der Waals surface area contributed by atoms with Gasteiger partial charge in [-0.05, 0) is 59.3 Å². The van der Waals surface area contributed by atoms with Crippen LogP contribution in [0.2, 0.25) is 0 Å². The first-order valence-corrected chi connectivity index (χ1v) is 8.66. The molecule has 0 saturated carbocycles. The maximum absolute atomic E-state index is 13.4. The van der Waals surface area contributed by atoms with Gasteiger partial charge in [-0.3, -0.25) is 9.59 Å². The van der Waals surface area contributed by atoms with Crippen LogP contribution in [-0.2, 0) is 9.59 Å². The van der Waals surface area contributed by atoms with Crippen LogP contribution in [0.1, 0.15) is 24.0 Å². The highest BCUT2D eigenvalue weighted by Crippen LogP contribution is 2.17. The number of rotatable bonds is 6. The monoisotopic (exact) mass is 453 g/mol. The van der Waals surface area contributed by atoms with E-state index in [1.807, 2.05) is 25.1 Å². The number of carbonyl (C=O) groups excluding carboxylic acids is 2. The molecular formula is C18H17FIN3O2. The first kappa shape index (κ1) is 19.0. The first-order chi connectivity index (χ1) is 12.0. The molecule has 25 heavy (non-hydrogen) atoms. The Bertz CT molecular complexity index is 809. The van der Waals surface area contributed by atoms with Crippen molar-refractivity contribution in [2.75, 3.05) is 5.32 Å². The van der Waals surface area contributed by atoms with Gasteiger partial charge in [-0.15, -0.1) is 0 Å². The summed E-state index contributed by atoms with van der Waals surface area (Å²) in [6, 6.07) is 11.8. The Morgan fingerprint density at radius 2 is 1.88 bits per heavy atom. The lowest BCUT2D eigenvalue weighted by molar-refractivity contribution is -0.124. The van der Waals surface area contributed by atoms with E-state index in [1.54, 1.807) is 18.2 Å². The summed E-state index contributed by atoms with van der Waals surface area (Å²) in [5.41, 5.74) is 4.24. The highest BCUT2D eigenvalue weighted by Gasteiger charge is 2.08. The summed E-state index contributed by atoms with van der Waals surface area (Å²) in [5, 5.41) is 6.46. The molecular weight excluding hydrogens is 436 g/mol. The van der Waals surface area contributed by atoms with Crippen LogP contribution >= 0.6 is 22.6 Å². The molecule has 2 amide bonds. The van der Waals surface area contributed by atoms with Crippen molar-refractivity contribution in [3.63, 3.8) is 0 Å². The predicted octanol–water partition coefficient (Wildman–Crippen LogP) is 3.61. The third-order valence-corrected chi connectivity index (χ3v) is 4.01. The maximum Gasteiger partial charge on any atom is 0.240 e. The third-order valence-electron chi connectivity index (χ3n) is 3.34. The van der Waals surface area contributed by atoms with E-state index < -0.39 is 11.7 Å². The average Bonchev–Trinajstić information content (AvgIpc) is 2.57. The molecule has 7 heteroatoms. The predicted molar refractivity (Wildman–Crippen MR) is 104 cm³/mol. The summed E-state index contributed by atoms with van der Waals surface area (Å²) in [6.07, 6.45) is 1.25. The number of amides is 2. The molecule has 2 aromatic carbocycles. The molecule has 2 aromatic rings. The van der Waals surface area contributed by atoms with Crippen LogP contribution in [0, 0.1) is 16.3 Å². The fourth-order valence-electron chi connectivity index (χ4n) is 2.02. The minimum absolute atomic E-state index is 0.0101. The quantitative estimate of drug-likeness (QED) is 0.399. The van der Waals surface area contributed by atoms with Crippen molar-refractivity contribution in [1.82, 2.24) is 5.43 Å². The molecule has 0 aromatic heterocycles. The van der Waals surface area contributed by atoms with Crippen LogP contribution in [0.4, 0.5) is 10.1 Å². The summed E-state index contributed by atoms with van der Waals surface area (Å²) < 4.78 is 14.5. The second-order valence-corrected chi connectivity index (χ2v) is 6.57. The van der Waals surface area contributed by atoms with Gasteiger partial charge < -0.3 is 5.32 Å². The number of carbonyl (C=O) groups is 2. The van der Waals surface area contributed by atoms with Gasteiger partial charge in [0.1, 0.15) is 5.82 Å². The van der Waals surface area contributed by atoms with E-state index in [2.05, 4.69) is 38.4 Å². The number of benzene rings is 2. The number of halogens is 2. The minimum atomic E-state index is -0.423. The molecule has 0 fully saturated rings. The maximum atomic E-state index is 13.4. The Morgan fingerprint density at radius 1 is 1.16 bits per heavy atom. The first-order valence-electron chi connectivity index (χ1n) is 7.58. The zero-order valence-electron chi connectivity index (χ0n) is 13.6. The molecule has 0 aliphatic heterocycles. The fourth-order valence-corrected chi connectivity index (χ4v) is 2.66. The Hall–Kier alpha value is -2.29. The van der Waals surface area contributed by atoms with E-state index in [0.717, 1.165) is 14.8 Å². The zero-order valence-corrected chi connectivity index (χ0v) is 15.7. The fraction of sp³-hybridized carbons (Fsp3) is 0.167. The van der Waals surface area contributed by atoms with Crippen LogP contribution in [-0.4, -0.2) is 18.0 Å². The normalized spacial score (nSPS) is 10.7. The van der Waals surface area contributed by atoms with Crippen molar-refractivity contribution in [1.29, 1.82) is 0 Å². The third kappa shape index (κ3) is 6.26. The summed E-state index contributed by atoms with van der Waals surface area (Å²) >= 11 is 2.20. The molecule has 0 spiro atoms. The van der Waals surface area contributed by atoms with Gasteiger partial charge in [0, 0.05) is 27.7 Å². The summed E-state index contributed by atoms with van der Waals surface area (Å²) in [5.74, 6) is -1.09. The van der Waals surface area contributed by atoms with Gasteiger partial charge >= 0.3 is 0 Å². The van der Waals surface area contributed by atoms with Crippen molar-refractivity contribution in [3.8, 4) is 0 Å². The average molecular weight is 453 g/mol. The van der Waals surface area contributed by atoms with E-state index in [9.17, 15) is 14.0 Å². The summed E-state index contributed by atoms with van der Waals surface area (Å²) in [7, 11) is 0. The number of nitrogens with one attached hydrogen (secondary N) is 2. The van der Waals surface area contributed by atoms with Gasteiger partial charge in [0.25, 0.3) is 0 Å². The van der Waals surface area contributed by atoms with Gasteiger partial charge in [0.15, 0.2) is 0 Å². The minimum Gasteiger partial charge on any atom is -0.326 e. The molecule has 0 aliphatic rings. The number of anilines is 1. The molecule has 130 valence electrons. The van der Waals surface area contributed by atoms with Crippen molar-refractivity contribution < 1.29 is 14.0 Å². The highest BCUT2D eigenvalue weighted by molar-refractivity contribution is 14.1. The van der Waals surface area contributed by atoms with Crippen LogP contribution in [0.15, 0.2) is 47.6 Å². The number of hydrogen-bond acceptors (Lipinski definition) is 3. The van der Waals surface area contributed by atoms with Crippen molar-refractivity contribution in [2.24, 2.45) is 5.10 Å². The Kier molecular flexibility index (Phi) is 7.05. The lowest BCUT2D eigenvalue weighted by atomic mass is 10.2. The number of aryl methyl sites for hydroxylation is 1. The molecule has 0 heterocycles. The Morgan fingerprint density at radius 3 is 2.60 bits per heavy atom. The summed E-state index contributed by atoms with van der Waals surface area (Å²) in [6.45, 7) is 1.90. The van der Waals surface area contributed by atoms with Gasteiger partial charge in [-0.25, -0.2) is 9.82 Å². The van der Waals surface area contributed by atoms with Crippen LogP contribution in [0.25, 0.3) is 0 Å². The Labute approximate surface area is 158 Å². The lowest BCUT2D eigenvalue weighted by Crippen LogP contribution is -2.21. The zero-order chi connectivity index (χ0) is 18.2. The Balaban J connectivity index is 1.77. The van der Waals surface area contributed by atoms with E-state index >= 15 is 0 Å². The van der Waals surface area contributed by atoms with Crippen molar-refractivity contribution in [3.05, 3.63) is 63.0 Å². The highest BCUT2D eigenvalue weighted by atomic mass is 127. The molecule has 0 saturated heterocycles. The number of hydrogen-bond donors (Lipinski definition) is 2. The van der Waals surface area contributed by atoms with Crippen LogP contribution in [0.5, 0.6) is 0 Å².